The number of rotatable bonds is 5. The van der Waals surface area contributed by atoms with Crippen LogP contribution in [0.1, 0.15) is 44.0 Å². The molecule has 0 spiro atoms. The number of carbonyl (C=O) groups excluding carboxylic acids is 1. The molecule has 2 aliphatic rings. The minimum absolute atomic E-state index is 0.0513. The molecule has 122 valence electrons. The number of nitrogens with zero attached hydrogens (tertiary/aromatic N) is 1. The Bertz CT molecular complexity index is 471. The first kappa shape index (κ1) is 15.4. The van der Waals surface area contributed by atoms with Gasteiger partial charge in [0.25, 0.3) is 0 Å². The number of likely N-dealkylation sites (tertiary alicyclic amines) is 1. The number of furan rings is 1. The molecule has 6 heteroatoms. The van der Waals surface area contributed by atoms with E-state index in [-0.39, 0.29) is 18.2 Å². The molecule has 6 nitrogen and oxygen atoms in total. The Morgan fingerprint density at radius 3 is 3.09 bits per heavy atom. The van der Waals surface area contributed by atoms with Gasteiger partial charge in [-0.2, -0.15) is 0 Å². The van der Waals surface area contributed by atoms with Crippen LogP contribution in [0.15, 0.2) is 22.8 Å². The van der Waals surface area contributed by atoms with Crippen LogP contribution in [0.3, 0.4) is 0 Å². The lowest BCUT2D eigenvalue weighted by atomic mass is 10.1. The zero-order valence-corrected chi connectivity index (χ0v) is 12.7. The van der Waals surface area contributed by atoms with Gasteiger partial charge >= 0.3 is 6.03 Å². The number of hydrogen-bond donors (Lipinski definition) is 2. The van der Waals surface area contributed by atoms with Crippen molar-refractivity contribution in [3.63, 3.8) is 0 Å². The quantitative estimate of drug-likeness (QED) is 0.873. The van der Waals surface area contributed by atoms with Gasteiger partial charge in [0.1, 0.15) is 11.9 Å². The fraction of sp³-hybridized carbons (Fsp3) is 0.688. The predicted molar refractivity (Wildman–Crippen MR) is 80.4 cm³/mol. The molecule has 2 fully saturated rings. The van der Waals surface area contributed by atoms with Crippen LogP contribution in [-0.4, -0.2) is 47.9 Å². The van der Waals surface area contributed by atoms with E-state index in [4.69, 9.17) is 9.15 Å². The Hall–Kier alpha value is -1.53. The first-order chi connectivity index (χ1) is 10.7. The molecule has 0 aliphatic carbocycles. The second-order valence-corrected chi connectivity index (χ2v) is 6.08. The monoisotopic (exact) mass is 308 g/mol. The number of ether oxygens (including phenoxy) is 1. The van der Waals surface area contributed by atoms with E-state index >= 15 is 0 Å². The summed E-state index contributed by atoms with van der Waals surface area (Å²) in [7, 11) is 0. The molecular formula is C16H24N2O4. The number of aliphatic hydroxyl groups is 1. The van der Waals surface area contributed by atoms with Crippen molar-refractivity contribution >= 4 is 6.03 Å². The Kier molecular flexibility index (Phi) is 5.00. The summed E-state index contributed by atoms with van der Waals surface area (Å²) in [5.41, 5.74) is 0. The average molecular weight is 308 g/mol. The maximum Gasteiger partial charge on any atom is 0.317 e. The molecule has 1 aromatic heterocycles. The number of amides is 2. The van der Waals surface area contributed by atoms with Crippen LogP contribution >= 0.6 is 0 Å². The number of urea groups is 1. The summed E-state index contributed by atoms with van der Waals surface area (Å²) in [4.78, 5) is 14.2. The fourth-order valence-corrected chi connectivity index (χ4v) is 3.31. The molecule has 2 amide bonds. The lowest BCUT2D eigenvalue weighted by Crippen LogP contribution is -2.45. The Balaban J connectivity index is 1.50. The number of nitrogens with one attached hydrogen (secondary N) is 1. The SMILES string of the molecule is O=C(NCC1CCCO1)N1CCCC1CC(O)c1ccco1. The van der Waals surface area contributed by atoms with E-state index in [1.54, 1.807) is 18.4 Å². The molecule has 0 radical (unpaired) electrons. The van der Waals surface area contributed by atoms with Gasteiger partial charge in [-0.05, 0) is 37.8 Å². The first-order valence-electron chi connectivity index (χ1n) is 8.11. The maximum absolute atomic E-state index is 12.3. The first-order valence-corrected chi connectivity index (χ1v) is 8.11. The topological polar surface area (TPSA) is 74.9 Å². The largest absolute Gasteiger partial charge is 0.467 e. The summed E-state index contributed by atoms with van der Waals surface area (Å²) in [6, 6.07) is 3.54. The highest BCUT2D eigenvalue weighted by Gasteiger charge is 2.31. The van der Waals surface area contributed by atoms with E-state index < -0.39 is 6.10 Å². The lowest BCUT2D eigenvalue weighted by Gasteiger charge is -2.26. The van der Waals surface area contributed by atoms with Crippen molar-refractivity contribution in [2.24, 2.45) is 0 Å². The van der Waals surface area contributed by atoms with Gasteiger partial charge < -0.3 is 24.5 Å². The van der Waals surface area contributed by atoms with Crippen molar-refractivity contribution < 1.29 is 19.1 Å². The third kappa shape index (κ3) is 3.62. The summed E-state index contributed by atoms with van der Waals surface area (Å²) in [5, 5.41) is 13.2. The summed E-state index contributed by atoms with van der Waals surface area (Å²) >= 11 is 0. The average Bonchev–Trinajstić information content (AvgIpc) is 3.25. The summed E-state index contributed by atoms with van der Waals surface area (Å²) < 4.78 is 10.8. The van der Waals surface area contributed by atoms with E-state index in [0.717, 1.165) is 38.8 Å². The van der Waals surface area contributed by atoms with Gasteiger partial charge in [-0.25, -0.2) is 4.79 Å². The fourth-order valence-electron chi connectivity index (χ4n) is 3.31. The maximum atomic E-state index is 12.3. The molecular weight excluding hydrogens is 284 g/mol. The van der Waals surface area contributed by atoms with Gasteiger partial charge in [-0.15, -0.1) is 0 Å². The van der Waals surface area contributed by atoms with E-state index in [1.165, 1.54) is 0 Å². The van der Waals surface area contributed by atoms with E-state index in [9.17, 15) is 9.90 Å². The van der Waals surface area contributed by atoms with Gasteiger partial charge in [-0.3, -0.25) is 0 Å². The molecule has 1 aromatic rings. The molecule has 3 unspecified atom stereocenters. The van der Waals surface area contributed by atoms with E-state index in [2.05, 4.69) is 5.32 Å². The summed E-state index contributed by atoms with van der Waals surface area (Å²) in [5.74, 6) is 0.562. The second kappa shape index (κ2) is 7.15. The molecule has 3 heterocycles. The zero-order chi connectivity index (χ0) is 15.4. The van der Waals surface area contributed by atoms with Crippen LogP contribution < -0.4 is 5.32 Å². The number of aliphatic hydroxyl groups excluding tert-OH is 1. The molecule has 3 rings (SSSR count). The van der Waals surface area contributed by atoms with E-state index in [0.29, 0.717) is 18.7 Å². The third-order valence-electron chi connectivity index (χ3n) is 4.51. The van der Waals surface area contributed by atoms with Crippen molar-refractivity contribution in [2.75, 3.05) is 19.7 Å². The van der Waals surface area contributed by atoms with Crippen LogP contribution in [-0.2, 0) is 4.74 Å². The van der Waals surface area contributed by atoms with Crippen molar-refractivity contribution in [1.29, 1.82) is 0 Å². The number of hydrogen-bond acceptors (Lipinski definition) is 4. The van der Waals surface area contributed by atoms with Gasteiger partial charge in [-0.1, -0.05) is 0 Å². The van der Waals surface area contributed by atoms with Crippen molar-refractivity contribution in [3.8, 4) is 0 Å². The standard InChI is InChI=1S/C16H24N2O4/c19-14(15-6-3-9-22-15)10-12-4-1-7-18(12)16(20)17-11-13-5-2-8-21-13/h3,6,9,12-14,19H,1-2,4-5,7-8,10-11H2,(H,17,20). The Morgan fingerprint density at radius 1 is 1.45 bits per heavy atom. The molecule has 0 bridgehead atoms. The minimum atomic E-state index is -0.661. The van der Waals surface area contributed by atoms with Crippen LogP contribution in [0.2, 0.25) is 0 Å². The Labute approximate surface area is 130 Å². The van der Waals surface area contributed by atoms with Gasteiger partial charge in [0, 0.05) is 32.2 Å². The lowest BCUT2D eigenvalue weighted by molar-refractivity contribution is 0.0990. The summed E-state index contributed by atoms with van der Waals surface area (Å²) in [6.07, 6.45) is 5.54. The highest BCUT2D eigenvalue weighted by molar-refractivity contribution is 5.74. The molecule has 3 atom stereocenters. The van der Waals surface area contributed by atoms with Crippen LogP contribution in [0.4, 0.5) is 4.79 Å². The molecule has 0 saturated carbocycles. The molecule has 22 heavy (non-hydrogen) atoms. The molecule has 2 aliphatic heterocycles. The minimum Gasteiger partial charge on any atom is -0.467 e. The second-order valence-electron chi connectivity index (χ2n) is 6.08. The molecule has 2 N–H and O–H groups in total. The van der Waals surface area contributed by atoms with Gasteiger partial charge in [0.2, 0.25) is 0 Å². The smallest absolute Gasteiger partial charge is 0.317 e. The zero-order valence-electron chi connectivity index (χ0n) is 12.7. The highest BCUT2D eigenvalue weighted by Crippen LogP contribution is 2.27. The van der Waals surface area contributed by atoms with Crippen molar-refractivity contribution in [1.82, 2.24) is 10.2 Å². The van der Waals surface area contributed by atoms with E-state index in [1.807, 2.05) is 4.90 Å². The van der Waals surface area contributed by atoms with Gasteiger partial charge in [0.15, 0.2) is 0 Å². The Morgan fingerprint density at radius 2 is 2.36 bits per heavy atom. The number of carbonyl (C=O) groups is 1. The normalized spacial score (nSPS) is 26.3. The molecule has 0 aromatic carbocycles. The third-order valence-corrected chi connectivity index (χ3v) is 4.51. The van der Waals surface area contributed by atoms with Crippen molar-refractivity contribution in [2.45, 2.75) is 50.4 Å². The predicted octanol–water partition coefficient (Wildman–Crippen LogP) is 2.06. The molecule has 2 saturated heterocycles. The van der Waals surface area contributed by atoms with Crippen molar-refractivity contribution in [3.05, 3.63) is 24.2 Å². The van der Waals surface area contributed by atoms with Gasteiger partial charge in [0.05, 0.1) is 12.4 Å². The van der Waals surface area contributed by atoms with Crippen LogP contribution in [0.5, 0.6) is 0 Å². The van der Waals surface area contributed by atoms with Crippen LogP contribution in [0, 0.1) is 0 Å². The van der Waals surface area contributed by atoms with Crippen LogP contribution in [0.25, 0.3) is 0 Å². The summed E-state index contributed by atoms with van der Waals surface area (Å²) in [6.45, 7) is 2.11. The highest BCUT2D eigenvalue weighted by atomic mass is 16.5.